The highest BCUT2D eigenvalue weighted by Gasteiger charge is 2.26. The number of carbonyl (C=O) groups excluding carboxylic acids is 3. The molecule has 0 spiro atoms. The summed E-state index contributed by atoms with van der Waals surface area (Å²) >= 11 is 0. The van der Waals surface area contributed by atoms with Crippen LogP contribution in [0.5, 0.6) is 0 Å². The molecular formula is C26H31N3O4. The van der Waals surface area contributed by atoms with Crippen LogP contribution >= 0.6 is 0 Å². The van der Waals surface area contributed by atoms with Crippen LogP contribution in [0.4, 0.5) is 11.4 Å². The second kappa shape index (κ2) is 10.8. The number of hydrogen-bond acceptors (Lipinski definition) is 5. The van der Waals surface area contributed by atoms with E-state index in [-0.39, 0.29) is 30.8 Å². The lowest BCUT2D eigenvalue weighted by atomic mass is 10.1. The fraction of sp³-hybridized carbons (Fsp3) is 0.346. The molecule has 7 nitrogen and oxygen atoms in total. The van der Waals surface area contributed by atoms with Crippen molar-refractivity contribution in [1.29, 1.82) is 0 Å². The molecule has 1 aliphatic rings. The van der Waals surface area contributed by atoms with Gasteiger partial charge in [0.05, 0.1) is 24.9 Å². The van der Waals surface area contributed by atoms with Crippen LogP contribution in [0.3, 0.4) is 0 Å². The number of nitrogens with zero attached hydrogens (tertiary/aromatic N) is 1. The molecule has 1 aliphatic heterocycles. The van der Waals surface area contributed by atoms with Gasteiger partial charge in [0.2, 0.25) is 5.91 Å². The molecular weight excluding hydrogens is 418 g/mol. The van der Waals surface area contributed by atoms with E-state index in [1.54, 1.807) is 0 Å². The number of ether oxygens (including phenoxy) is 1. The number of hydrogen-bond donors (Lipinski definition) is 2. The van der Waals surface area contributed by atoms with E-state index in [9.17, 15) is 14.4 Å². The van der Waals surface area contributed by atoms with E-state index in [1.165, 1.54) is 23.6 Å². The summed E-state index contributed by atoms with van der Waals surface area (Å²) in [6.07, 6.45) is 2.94. The molecule has 0 fully saturated rings. The van der Waals surface area contributed by atoms with Crippen molar-refractivity contribution in [2.45, 2.75) is 46.1 Å². The molecule has 0 aliphatic carbocycles. The second-order valence-electron chi connectivity index (χ2n) is 8.42. The van der Waals surface area contributed by atoms with Gasteiger partial charge in [0.1, 0.15) is 6.54 Å². The van der Waals surface area contributed by atoms with E-state index >= 15 is 0 Å². The number of fused-ring (bicyclic) bond motifs is 1. The molecule has 1 heterocycles. The molecule has 0 bridgehead atoms. The Morgan fingerprint density at radius 1 is 1.12 bits per heavy atom. The summed E-state index contributed by atoms with van der Waals surface area (Å²) in [5.74, 6) is -1.06. The third-order valence-corrected chi connectivity index (χ3v) is 5.74. The monoisotopic (exact) mass is 449 g/mol. The fourth-order valence-electron chi connectivity index (χ4n) is 3.73. The molecule has 0 radical (unpaired) electrons. The molecule has 0 saturated heterocycles. The van der Waals surface area contributed by atoms with Crippen LogP contribution in [0.15, 0.2) is 54.2 Å². The minimum Gasteiger partial charge on any atom is -0.469 e. The zero-order chi connectivity index (χ0) is 24.0. The Morgan fingerprint density at radius 3 is 2.52 bits per heavy atom. The van der Waals surface area contributed by atoms with Gasteiger partial charge < -0.3 is 15.4 Å². The van der Waals surface area contributed by atoms with Crippen molar-refractivity contribution in [3.05, 3.63) is 70.9 Å². The van der Waals surface area contributed by atoms with E-state index in [4.69, 9.17) is 4.74 Å². The van der Waals surface area contributed by atoms with Crippen LogP contribution in [0.25, 0.3) is 0 Å². The van der Waals surface area contributed by atoms with Crippen molar-refractivity contribution in [1.82, 2.24) is 5.32 Å². The lowest BCUT2D eigenvalue weighted by molar-refractivity contribution is -0.139. The third kappa shape index (κ3) is 6.44. The summed E-state index contributed by atoms with van der Waals surface area (Å²) in [5.41, 5.74) is 4.95. The zero-order valence-corrected chi connectivity index (χ0v) is 19.6. The summed E-state index contributed by atoms with van der Waals surface area (Å²) in [6.45, 7) is 5.77. The highest BCUT2D eigenvalue weighted by Crippen LogP contribution is 2.33. The van der Waals surface area contributed by atoms with E-state index in [0.717, 1.165) is 24.0 Å². The first kappa shape index (κ1) is 24.0. The molecule has 174 valence electrons. The predicted molar refractivity (Wildman–Crippen MR) is 129 cm³/mol. The van der Waals surface area contributed by atoms with E-state index in [2.05, 4.69) is 22.8 Å². The molecule has 2 aromatic carbocycles. The van der Waals surface area contributed by atoms with Gasteiger partial charge in [-0.1, -0.05) is 30.3 Å². The fourth-order valence-corrected chi connectivity index (χ4v) is 3.73. The lowest BCUT2D eigenvalue weighted by Crippen LogP contribution is -2.43. The Balaban J connectivity index is 1.74. The number of esters is 1. The van der Waals surface area contributed by atoms with Crippen LogP contribution in [0.2, 0.25) is 0 Å². The normalized spacial score (nSPS) is 13.9. The number of benzene rings is 2. The van der Waals surface area contributed by atoms with E-state index in [1.807, 2.05) is 51.1 Å². The largest absolute Gasteiger partial charge is 0.469 e. The van der Waals surface area contributed by atoms with Crippen molar-refractivity contribution < 1.29 is 19.1 Å². The van der Waals surface area contributed by atoms with Gasteiger partial charge in [0.25, 0.3) is 5.91 Å². The molecule has 0 saturated carbocycles. The van der Waals surface area contributed by atoms with Gasteiger partial charge >= 0.3 is 5.97 Å². The summed E-state index contributed by atoms with van der Waals surface area (Å²) in [7, 11) is 1.30. The first-order valence-electron chi connectivity index (χ1n) is 11.1. The Morgan fingerprint density at radius 2 is 1.82 bits per heavy atom. The Bertz CT molecular complexity index is 1060. The second-order valence-corrected chi connectivity index (χ2v) is 8.42. The maximum absolute atomic E-state index is 13.1. The van der Waals surface area contributed by atoms with E-state index in [0.29, 0.717) is 17.1 Å². The maximum atomic E-state index is 13.1. The number of carbonyl (C=O) groups is 3. The third-order valence-electron chi connectivity index (χ3n) is 5.74. The number of rotatable bonds is 8. The number of amides is 2. The summed E-state index contributed by atoms with van der Waals surface area (Å²) in [6, 6.07) is 13.9. The van der Waals surface area contributed by atoms with Crippen LogP contribution < -0.4 is 15.5 Å². The topological polar surface area (TPSA) is 87.7 Å². The SMILES string of the molecule is COC(=O)CC1=CC(=O)N(CC(=O)N[C@H](C)CCc2ccccc2)c2cc(C)c(C)cc2N1. The first-order chi connectivity index (χ1) is 15.8. The highest BCUT2D eigenvalue weighted by molar-refractivity contribution is 6.09. The van der Waals surface area contributed by atoms with Gasteiger partial charge in [-0.25, -0.2) is 0 Å². The molecule has 0 unspecified atom stereocenters. The van der Waals surface area contributed by atoms with Crippen molar-refractivity contribution >= 4 is 29.2 Å². The number of nitrogens with one attached hydrogen (secondary N) is 2. The van der Waals surface area contributed by atoms with Gasteiger partial charge in [0, 0.05) is 17.8 Å². The average molecular weight is 450 g/mol. The molecule has 33 heavy (non-hydrogen) atoms. The summed E-state index contributed by atoms with van der Waals surface area (Å²) in [5, 5.41) is 6.17. The quantitative estimate of drug-likeness (QED) is 0.601. The van der Waals surface area contributed by atoms with Crippen molar-refractivity contribution in [2.24, 2.45) is 0 Å². The Kier molecular flexibility index (Phi) is 7.87. The van der Waals surface area contributed by atoms with Crippen LogP contribution in [-0.2, 0) is 25.5 Å². The number of methoxy groups -OCH3 is 1. The minimum absolute atomic E-state index is 0.0393. The zero-order valence-electron chi connectivity index (χ0n) is 19.6. The number of aryl methyl sites for hydroxylation is 3. The Hall–Kier alpha value is -3.61. The van der Waals surface area contributed by atoms with Crippen LogP contribution in [0.1, 0.15) is 36.5 Å². The number of anilines is 2. The van der Waals surface area contributed by atoms with Gasteiger partial charge in [-0.05, 0) is 62.4 Å². The minimum atomic E-state index is -0.453. The van der Waals surface area contributed by atoms with Crippen molar-refractivity contribution in [3.63, 3.8) is 0 Å². The smallest absolute Gasteiger partial charge is 0.311 e. The van der Waals surface area contributed by atoms with Crippen LogP contribution in [-0.4, -0.2) is 37.5 Å². The van der Waals surface area contributed by atoms with Crippen molar-refractivity contribution in [2.75, 3.05) is 23.9 Å². The van der Waals surface area contributed by atoms with Gasteiger partial charge in [-0.15, -0.1) is 0 Å². The molecule has 3 rings (SSSR count). The summed E-state index contributed by atoms with van der Waals surface area (Å²) < 4.78 is 4.74. The average Bonchev–Trinajstić information content (AvgIpc) is 2.89. The standard InChI is InChI=1S/C26H31N3O4/c1-17-12-22-23(13-18(17)2)29(25(31)14-21(28-22)15-26(32)33-4)16-24(30)27-19(3)10-11-20-8-6-5-7-9-20/h5-9,12-14,19,28H,10-11,15-16H2,1-4H3,(H,27,30)/t19-/m1/s1. The summed E-state index contributed by atoms with van der Waals surface area (Å²) in [4.78, 5) is 39.1. The van der Waals surface area contributed by atoms with Crippen molar-refractivity contribution in [3.8, 4) is 0 Å². The van der Waals surface area contributed by atoms with Crippen LogP contribution in [0, 0.1) is 13.8 Å². The molecule has 1 atom stereocenters. The Labute approximate surface area is 194 Å². The molecule has 0 aromatic heterocycles. The van der Waals surface area contributed by atoms with E-state index < -0.39 is 5.97 Å². The molecule has 7 heteroatoms. The molecule has 2 aromatic rings. The first-order valence-corrected chi connectivity index (χ1v) is 11.1. The van der Waals surface area contributed by atoms with Gasteiger partial charge in [-0.2, -0.15) is 0 Å². The predicted octanol–water partition coefficient (Wildman–Crippen LogP) is 3.65. The molecule has 2 amide bonds. The molecule has 2 N–H and O–H groups in total. The lowest BCUT2D eigenvalue weighted by Gasteiger charge is -2.24. The van der Waals surface area contributed by atoms with Gasteiger partial charge in [0.15, 0.2) is 0 Å². The maximum Gasteiger partial charge on any atom is 0.311 e. The highest BCUT2D eigenvalue weighted by atomic mass is 16.5. The van der Waals surface area contributed by atoms with Gasteiger partial charge in [-0.3, -0.25) is 19.3 Å².